The second-order valence-electron chi connectivity index (χ2n) is 7.99. The molecule has 0 aromatic carbocycles. The Morgan fingerprint density at radius 1 is 1.21 bits per heavy atom. The van der Waals surface area contributed by atoms with Crippen molar-refractivity contribution >= 4 is 16.8 Å². The molecule has 1 saturated heterocycles. The average Bonchev–Trinajstić information content (AvgIpc) is 2.77. The molecule has 1 atom stereocenters. The zero-order valence-corrected chi connectivity index (χ0v) is 17.0. The fraction of sp³-hybridized carbons (Fsp3) is 0.391. The number of hydrogen-bond donors (Lipinski definition) is 1. The van der Waals surface area contributed by atoms with Gasteiger partial charge in [0, 0.05) is 49.3 Å². The van der Waals surface area contributed by atoms with E-state index in [0.29, 0.717) is 24.2 Å². The first-order valence-electron chi connectivity index (χ1n) is 10.3. The minimum absolute atomic E-state index is 0.124. The Balaban J connectivity index is 1.55. The van der Waals surface area contributed by atoms with Gasteiger partial charge in [0.15, 0.2) is 0 Å². The summed E-state index contributed by atoms with van der Waals surface area (Å²) >= 11 is 0. The van der Waals surface area contributed by atoms with Crippen LogP contribution in [0.15, 0.2) is 49.1 Å². The van der Waals surface area contributed by atoms with Crippen LogP contribution in [0.5, 0.6) is 0 Å². The molecular formula is C23H27N5O. The normalized spacial score (nSPS) is 17.6. The molecule has 29 heavy (non-hydrogen) atoms. The lowest BCUT2D eigenvalue weighted by molar-refractivity contribution is 0.0918. The largest absolute Gasteiger partial charge is 0.350 e. The highest BCUT2D eigenvalue weighted by Crippen LogP contribution is 2.27. The third-order valence-corrected chi connectivity index (χ3v) is 5.67. The predicted octanol–water partition coefficient (Wildman–Crippen LogP) is 3.54. The molecule has 3 aromatic heterocycles. The number of rotatable bonds is 5. The van der Waals surface area contributed by atoms with Gasteiger partial charge in [0.05, 0.1) is 5.52 Å². The van der Waals surface area contributed by atoms with Gasteiger partial charge in [-0.15, -0.1) is 0 Å². The molecule has 0 saturated carbocycles. The highest BCUT2D eigenvalue weighted by molar-refractivity contribution is 6.00. The molecule has 0 aliphatic carbocycles. The van der Waals surface area contributed by atoms with Gasteiger partial charge in [-0.1, -0.05) is 0 Å². The van der Waals surface area contributed by atoms with Gasteiger partial charge in [-0.05, 0) is 74.5 Å². The van der Waals surface area contributed by atoms with Crippen molar-refractivity contribution in [3.8, 4) is 11.1 Å². The van der Waals surface area contributed by atoms with Crippen LogP contribution >= 0.6 is 0 Å². The van der Waals surface area contributed by atoms with E-state index in [-0.39, 0.29) is 5.91 Å². The number of likely N-dealkylation sites (tertiary alicyclic amines) is 1. The molecule has 4 rings (SSSR count). The standard InChI is InChI=1S/C23H27N5O/c1-16(2)28-11-3-4-17(15-28)13-26-23(29)22-12-19(18-5-8-24-9-6-18)20-14-25-10-7-21(20)27-22/h5-10,12,14,16-17H,3-4,11,13,15H2,1-2H3,(H,26,29)/t17-/m0/s1. The molecule has 1 amide bonds. The summed E-state index contributed by atoms with van der Waals surface area (Å²) in [6.45, 7) is 7.34. The van der Waals surface area contributed by atoms with Gasteiger partial charge in [-0.2, -0.15) is 0 Å². The summed E-state index contributed by atoms with van der Waals surface area (Å²) in [6.07, 6.45) is 9.34. The first-order chi connectivity index (χ1) is 14.1. The number of piperidine rings is 1. The number of carbonyl (C=O) groups excluding carboxylic acids is 1. The van der Waals surface area contributed by atoms with Crippen LogP contribution in [0.1, 0.15) is 37.2 Å². The van der Waals surface area contributed by atoms with E-state index in [4.69, 9.17) is 0 Å². The van der Waals surface area contributed by atoms with Gasteiger partial charge in [-0.25, -0.2) is 4.98 Å². The number of hydrogen-bond acceptors (Lipinski definition) is 5. The van der Waals surface area contributed by atoms with E-state index in [9.17, 15) is 4.79 Å². The maximum atomic E-state index is 12.9. The van der Waals surface area contributed by atoms with Crippen molar-refractivity contribution in [1.29, 1.82) is 0 Å². The molecule has 4 heterocycles. The van der Waals surface area contributed by atoms with Crippen LogP contribution in [0.4, 0.5) is 0 Å². The topological polar surface area (TPSA) is 71.0 Å². The first kappa shape index (κ1) is 19.5. The van der Waals surface area contributed by atoms with Crippen LogP contribution < -0.4 is 5.32 Å². The summed E-state index contributed by atoms with van der Waals surface area (Å²) in [6, 6.07) is 8.12. The lowest BCUT2D eigenvalue weighted by atomic mass is 9.97. The van der Waals surface area contributed by atoms with Gasteiger partial charge < -0.3 is 10.2 Å². The van der Waals surface area contributed by atoms with Crippen LogP contribution in [0.3, 0.4) is 0 Å². The summed E-state index contributed by atoms with van der Waals surface area (Å²) in [5, 5.41) is 4.04. The number of aromatic nitrogens is 3. The molecular weight excluding hydrogens is 362 g/mol. The molecule has 0 bridgehead atoms. The molecule has 1 N–H and O–H groups in total. The third-order valence-electron chi connectivity index (χ3n) is 5.67. The van der Waals surface area contributed by atoms with E-state index in [1.165, 1.54) is 6.42 Å². The minimum atomic E-state index is -0.124. The summed E-state index contributed by atoms with van der Waals surface area (Å²) in [5.74, 6) is 0.361. The van der Waals surface area contributed by atoms with Crippen molar-refractivity contribution in [3.63, 3.8) is 0 Å². The third kappa shape index (κ3) is 4.43. The van der Waals surface area contributed by atoms with Crippen molar-refractivity contribution in [2.75, 3.05) is 19.6 Å². The van der Waals surface area contributed by atoms with Gasteiger partial charge in [0.1, 0.15) is 5.69 Å². The molecule has 6 heteroatoms. The lowest BCUT2D eigenvalue weighted by Crippen LogP contribution is -2.43. The van der Waals surface area contributed by atoms with Crippen molar-refractivity contribution in [2.24, 2.45) is 5.92 Å². The molecule has 0 spiro atoms. The Morgan fingerprint density at radius 2 is 2.00 bits per heavy atom. The Bertz CT molecular complexity index is 989. The SMILES string of the molecule is CC(C)N1CCC[C@@H](CNC(=O)c2cc(-c3ccncc3)c3cnccc3n2)C1. The highest BCUT2D eigenvalue weighted by atomic mass is 16.1. The Kier molecular flexibility index (Phi) is 5.81. The minimum Gasteiger partial charge on any atom is -0.350 e. The molecule has 150 valence electrons. The van der Waals surface area contributed by atoms with E-state index < -0.39 is 0 Å². The van der Waals surface area contributed by atoms with Crippen molar-refractivity contribution in [3.05, 3.63) is 54.7 Å². The maximum absolute atomic E-state index is 12.9. The van der Waals surface area contributed by atoms with Crippen LogP contribution in [0.25, 0.3) is 22.0 Å². The number of amides is 1. The van der Waals surface area contributed by atoms with Gasteiger partial charge in [-0.3, -0.25) is 14.8 Å². The summed E-state index contributed by atoms with van der Waals surface area (Å²) in [4.78, 5) is 28.3. The van der Waals surface area contributed by atoms with E-state index in [0.717, 1.165) is 41.5 Å². The zero-order chi connectivity index (χ0) is 20.2. The summed E-state index contributed by atoms with van der Waals surface area (Å²) in [7, 11) is 0. The van der Waals surface area contributed by atoms with Crippen molar-refractivity contribution in [1.82, 2.24) is 25.2 Å². The van der Waals surface area contributed by atoms with Crippen molar-refractivity contribution in [2.45, 2.75) is 32.7 Å². The molecule has 1 aliphatic rings. The van der Waals surface area contributed by atoms with Crippen LogP contribution in [0.2, 0.25) is 0 Å². The molecule has 3 aromatic rings. The average molecular weight is 390 g/mol. The van der Waals surface area contributed by atoms with Gasteiger partial charge in [0.25, 0.3) is 5.91 Å². The second-order valence-corrected chi connectivity index (χ2v) is 7.99. The van der Waals surface area contributed by atoms with Gasteiger partial charge >= 0.3 is 0 Å². The molecule has 0 radical (unpaired) electrons. The molecule has 1 aliphatic heterocycles. The second kappa shape index (κ2) is 8.66. The number of fused-ring (bicyclic) bond motifs is 1. The predicted molar refractivity (Wildman–Crippen MR) is 115 cm³/mol. The fourth-order valence-electron chi connectivity index (χ4n) is 4.02. The number of nitrogens with zero attached hydrogens (tertiary/aromatic N) is 4. The van der Waals surface area contributed by atoms with Gasteiger partial charge in [0.2, 0.25) is 0 Å². The van der Waals surface area contributed by atoms with Crippen molar-refractivity contribution < 1.29 is 4.79 Å². The van der Waals surface area contributed by atoms with E-state index >= 15 is 0 Å². The molecule has 1 fully saturated rings. The Hall–Kier alpha value is -2.86. The number of carbonyl (C=O) groups is 1. The lowest BCUT2D eigenvalue weighted by Gasteiger charge is -2.35. The van der Waals surface area contributed by atoms with E-state index in [1.807, 2.05) is 24.3 Å². The number of nitrogens with one attached hydrogen (secondary N) is 1. The highest BCUT2D eigenvalue weighted by Gasteiger charge is 2.22. The Labute approximate surface area is 171 Å². The summed E-state index contributed by atoms with van der Waals surface area (Å²) in [5.41, 5.74) is 3.14. The monoisotopic (exact) mass is 389 g/mol. The molecule has 0 unspecified atom stereocenters. The fourth-order valence-corrected chi connectivity index (χ4v) is 4.02. The zero-order valence-electron chi connectivity index (χ0n) is 17.0. The van der Waals surface area contributed by atoms with E-state index in [2.05, 4.69) is 39.0 Å². The molecule has 6 nitrogen and oxygen atoms in total. The van der Waals surface area contributed by atoms with Crippen LogP contribution in [0, 0.1) is 5.92 Å². The summed E-state index contributed by atoms with van der Waals surface area (Å²) < 4.78 is 0. The maximum Gasteiger partial charge on any atom is 0.269 e. The van der Waals surface area contributed by atoms with E-state index in [1.54, 1.807) is 24.8 Å². The first-order valence-corrected chi connectivity index (χ1v) is 10.3. The smallest absolute Gasteiger partial charge is 0.269 e. The number of pyridine rings is 3. The Morgan fingerprint density at radius 3 is 2.79 bits per heavy atom. The van der Waals surface area contributed by atoms with Crippen LogP contribution in [-0.2, 0) is 0 Å². The van der Waals surface area contributed by atoms with Crippen LogP contribution in [-0.4, -0.2) is 51.4 Å². The quantitative estimate of drug-likeness (QED) is 0.723.